The van der Waals surface area contributed by atoms with Crippen molar-refractivity contribution in [3.63, 3.8) is 0 Å². The maximum atomic E-state index is 12.6. The van der Waals surface area contributed by atoms with Crippen LogP contribution in [0.15, 0.2) is 30.6 Å². The zero-order chi connectivity index (χ0) is 20.3. The number of methoxy groups -OCH3 is 1. The van der Waals surface area contributed by atoms with Crippen LogP contribution in [0, 0.1) is 13.8 Å². The minimum absolute atomic E-state index is 0.0264. The Labute approximate surface area is 170 Å². The van der Waals surface area contributed by atoms with Crippen LogP contribution in [0.4, 0.5) is 0 Å². The first-order valence-electron chi connectivity index (χ1n) is 9.08. The van der Waals surface area contributed by atoms with Gasteiger partial charge in [0.25, 0.3) is 0 Å². The number of nitrogens with zero attached hydrogens (tertiary/aromatic N) is 5. The van der Waals surface area contributed by atoms with E-state index in [1.165, 1.54) is 11.3 Å². The van der Waals surface area contributed by atoms with E-state index in [1.807, 2.05) is 42.5 Å². The van der Waals surface area contributed by atoms with Gasteiger partial charge in [0.05, 0.1) is 18.3 Å². The van der Waals surface area contributed by atoms with E-state index in [1.54, 1.807) is 20.4 Å². The number of thiophene rings is 1. The van der Waals surface area contributed by atoms with Gasteiger partial charge in [-0.25, -0.2) is 9.97 Å². The fraction of sp³-hybridized carbons (Fsp3) is 0.190. The number of fused-ring (bicyclic) bond motifs is 5. The van der Waals surface area contributed by atoms with Gasteiger partial charge < -0.3 is 4.74 Å². The standard InChI is InChI=1S/C21H17N5O2S/c1-10-15(11(2)27)16(13-5-7-14(28-4)8-6-13)17-18-19(29-21(17)23-10)20-25-24-12(3)26(20)9-22-18/h5-9H,1-4H3. The van der Waals surface area contributed by atoms with Crippen molar-refractivity contribution in [2.45, 2.75) is 20.8 Å². The van der Waals surface area contributed by atoms with Crippen LogP contribution in [0.3, 0.4) is 0 Å². The first kappa shape index (κ1) is 17.7. The summed E-state index contributed by atoms with van der Waals surface area (Å²) in [7, 11) is 1.63. The first-order valence-corrected chi connectivity index (χ1v) is 9.89. The number of Topliss-reactive ketones (excluding diaryl/α,β-unsaturated/α-hetero) is 1. The fourth-order valence-corrected chi connectivity index (χ4v) is 4.92. The van der Waals surface area contributed by atoms with Gasteiger partial charge in [-0.3, -0.25) is 9.20 Å². The van der Waals surface area contributed by atoms with E-state index in [9.17, 15) is 4.79 Å². The van der Waals surface area contributed by atoms with Gasteiger partial charge in [0, 0.05) is 16.5 Å². The predicted octanol–water partition coefficient (Wildman–Crippen LogP) is 4.38. The second kappa shape index (κ2) is 6.31. The molecule has 7 nitrogen and oxygen atoms in total. The number of aromatic nitrogens is 5. The van der Waals surface area contributed by atoms with Crippen molar-refractivity contribution in [3.8, 4) is 16.9 Å². The second-order valence-electron chi connectivity index (χ2n) is 6.88. The molecule has 0 fully saturated rings. The Morgan fingerprint density at radius 3 is 2.59 bits per heavy atom. The molecule has 29 heavy (non-hydrogen) atoms. The van der Waals surface area contributed by atoms with E-state index in [2.05, 4.69) is 10.2 Å². The summed E-state index contributed by atoms with van der Waals surface area (Å²) in [5.74, 6) is 1.51. The van der Waals surface area contributed by atoms with Gasteiger partial charge in [0.1, 0.15) is 27.4 Å². The van der Waals surface area contributed by atoms with Gasteiger partial charge in [-0.05, 0) is 38.5 Å². The largest absolute Gasteiger partial charge is 0.497 e. The number of rotatable bonds is 3. The van der Waals surface area contributed by atoms with Crippen LogP contribution < -0.4 is 4.74 Å². The third-order valence-electron chi connectivity index (χ3n) is 5.10. The molecule has 0 atom stereocenters. The molecule has 5 rings (SSSR count). The summed E-state index contributed by atoms with van der Waals surface area (Å²) in [6.45, 7) is 5.34. The third kappa shape index (κ3) is 2.52. The van der Waals surface area contributed by atoms with Crippen LogP contribution in [0.1, 0.15) is 28.8 Å². The van der Waals surface area contributed by atoms with Crippen molar-refractivity contribution in [1.82, 2.24) is 24.6 Å². The molecule has 0 aliphatic carbocycles. The number of ether oxygens (including phenoxy) is 1. The number of aryl methyl sites for hydroxylation is 2. The van der Waals surface area contributed by atoms with Crippen molar-refractivity contribution in [3.05, 3.63) is 47.7 Å². The maximum Gasteiger partial charge on any atom is 0.181 e. The lowest BCUT2D eigenvalue weighted by molar-refractivity contribution is 0.101. The van der Waals surface area contributed by atoms with Crippen LogP contribution in [0.2, 0.25) is 0 Å². The Bertz CT molecular complexity index is 1430. The number of carbonyl (C=O) groups excluding carboxylic acids is 1. The van der Waals surface area contributed by atoms with E-state index in [4.69, 9.17) is 14.7 Å². The normalized spacial score (nSPS) is 11.6. The molecule has 4 aromatic heterocycles. The van der Waals surface area contributed by atoms with Gasteiger partial charge >= 0.3 is 0 Å². The molecule has 5 aromatic rings. The Hall–Kier alpha value is -3.39. The summed E-state index contributed by atoms with van der Waals surface area (Å²) in [6, 6.07) is 7.71. The lowest BCUT2D eigenvalue weighted by Crippen LogP contribution is -2.03. The maximum absolute atomic E-state index is 12.6. The molecule has 0 bridgehead atoms. The molecule has 0 N–H and O–H groups in total. The van der Waals surface area contributed by atoms with Crippen molar-refractivity contribution >= 4 is 43.2 Å². The molecule has 4 heterocycles. The predicted molar refractivity (Wildman–Crippen MR) is 113 cm³/mol. The Kier molecular flexibility index (Phi) is 3.85. The molecule has 144 valence electrons. The van der Waals surface area contributed by atoms with E-state index in [-0.39, 0.29) is 5.78 Å². The molecule has 0 saturated carbocycles. The topological polar surface area (TPSA) is 82.3 Å². The Morgan fingerprint density at radius 2 is 1.90 bits per heavy atom. The summed E-state index contributed by atoms with van der Waals surface area (Å²) in [6.07, 6.45) is 1.73. The molecule has 1 aromatic carbocycles. The number of pyridine rings is 1. The lowest BCUT2D eigenvalue weighted by Gasteiger charge is -2.12. The van der Waals surface area contributed by atoms with Crippen LogP contribution in [0.25, 0.3) is 37.2 Å². The van der Waals surface area contributed by atoms with Gasteiger partial charge in [0.15, 0.2) is 11.4 Å². The molecule has 0 unspecified atom stereocenters. The molecular weight excluding hydrogens is 386 g/mol. The molecule has 0 amide bonds. The van der Waals surface area contributed by atoms with Crippen LogP contribution in [-0.2, 0) is 0 Å². The average Bonchev–Trinajstić information content (AvgIpc) is 3.27. The number of hydrogen-bond donors (Lipinski definition) is 0. The quantitative estimate of drug-likeness (QED) is 0.416. The van der Waals surface area contributed by atoms with Crippen molar-refractivity contribution in [1.29, 1.82) is 0 Å². The summed E-state index contributed by atoms with van der Waals surface area (Å²) < 4.78 is 8.06. The minimum atomic E-state index is -0.0264. The molecule has 0 saturated heterocycles. The highest BCUT2D eigenvalue weighted by atomic mass is 32.1. The van der Waals surface area contributed by atoms with E-state index in [0.29, 0.717) is 11.3 Å². The second-order valence-corrected chi connectivity index (χ2v) is 7.88. The zero-order valence-electron chi connectivity index (χ0n) is 16.3. The summed E-state index contributed by atoms with van der Waals surface area (Å²) >= 11 is 1.52. The van der Waals surface area contributed by atoms with Gasteiger partial charge in [-0.2, -0.15) is 0 Å². The zero-order valence-corrected chi connectivity index (χ0v) is 17.2. The number of benzene rings is 1. The van der Waals surface area contributed by atoms with E-state index >= 15 is 0 Å². The smallest absolute Gasteiger partial charge is 0.181 e. The first-order chi connectivity index (χ1) is 14.0. The number of hydrogen-bond acceptors (Lipinski definition) is 7. The van der Waals surface area contributed by atoms with Crippen LogP contribution >= 0.6 is 11.3 Å². The molecule has 0 spiro atoms. The SMILES string of the molecule is COc1ccc(-c2c(C(C)=O)c(C)nc3sc4c(ncn5c(C)nnc45)c23)cc1. The molecule has 0 radical (unpaired) electrons. The molecule has 0 aliphatic heterocycles. The van der Waals surface area contributed by atoms with Crippen molar-refractivity contribution < 1.29 is 9.53 Å². The third-order valence-corrected chi connectivity index (χ3v) is 6.17. The molecule has 0 aliphatic rings. The van der Waals surface area contributed by atoms with E-state index < -0.39 is 0 Å². The molecular formula is C21H17N5O2S. The van der Waals surface area contributed by atoms with Gasteiger partial charge in [0.2, 0.25) is 0 Å². The van der Waals surface area contributed by atoms with Gasteiger partial charge in [-0.15, -0.1) is 21.5 Å². The van der Waals surface area contributed by atoms with Crippen LogP contribution in [-0.4, -0.2) is 37.5 Å². The summed E-state index contributed by atoms with van der Waals surface area (Å²) in [5.41, 5.74) is 4.62. The van der Waals surface area contributed by atoms with Crippen LogP contribution in [0.5, 0.6) is 5.75 Å². The van der Waals surface area contributed by atoms with Crippen molar-refractivity contribution in [2.75, 3.05) is 7.11 Å². The Balaban J connectivity index is 1.97. The highest BCUT2D eigenvalue weighted by molar-refractivity contribution is 7.26. The Morgan fingerprint density at radius 1 is 1.14 bits per heavy atom. The highest BCUT2D eigenvalue weighted by Crippen LogP contribution is 2.42. The van der Waals surface area contributed by atoms with E-state index in [0.717, 1.165) is 48.8 Å². The molecule has 8 heteroatoms. The summed E-state index contributed by atoms with van der Waals surface area (Å²) in [5, 5.41) is 9.36. The number of ketones is 1. The van der Waals surface area contributed by atoms with Gasteiger partial charge in [-0.1, -0.05) is 12.1 Å². The fourth-order valence-electron chi connectivity index (χ4n) is 3.76. The lowest BCUT2D eigenvalue weighted by atomic mass is 9.93. The minimum Gasteiger partial charge on any atom is -0.497 e. The van der Waals surface area contributed by atoms with Crippen molar-refractivity contribution in [2.24, 2.45) is 0 Å². The monoisotopic (exact) mass is 403 g/mol. The highest BCUT2D eigenvalue weighted by Gasteiger charge is 2.23. The average molecular weight is 403 g/mol. The number of carbonyl (C=O) groups is 1. The summed E-state index contributed by atoms with van der Waals surface area (Å²) in [4.78, 5) is 22.9.